The maximum Gasteiger partial charge on any atom is 0.308 e. The van der Waals surface area contributed by atoms with E-state index in [9.17, 15) is 19.2 Å². The molecule has 0 amide bonds. The van der Waals surface area contributed by atoms with Crippen LogP contribution in [0, 0.1) is 0 Å². The summed E-state index contributed by atoms with van der Waals surface area (Å²) < 4.78 is 36.9. The average molecular weight is 479 g/mol. The number of hydrogen-bond acceptors (Lipinski definition) is 11. The fourth-order valence-corrected chi connectivity index (χ4v) is 2.47. The first-order valence-corrected chi connectivity index (χ1v) is 11.2. The summed E-state index contributed by atoms with van der Waals surface area (Å²) in [7, 11) is 0. The predicted octanol–water partition coefficient (Wildman–Crippen LogP) is 1.59. The lowest BCUT2D eigenvalue weighted by atomic mass is 10.1. The van der Waals surface area contributed by atoms with Crippen molar-refractivity contribution in [2.45, 2.75) is 59.0 Å². The largest absolute Gasteiger partial charge is 0.466 e. The first kappa shape index (κ1) is 30.8. The van der Waals surface area contributed by atoms with Crippen LogP contribution in [0.5, 0.6) is 0 Å². The summed E-state index contributed by atoms with van der Waals surface area (Å²) in [6.07, 6.45) is 0.188. The fourth-order valence-electron chi connectivity index (χ4n) is 2.47. The molecule has 0 radical (unpaired) electrons. The van der Waals surface area contributed by atoms with Crippen molar-refractivity contribution in [1.29, 1.82) is 0 Å². The highest BCUT2D eigenvalue weighted by Crippen LogP contribution is 2.17. The molecule has 0 saturated carbocycles. The van der Waals surface area contributed by atoms with E-state index in [1.54, 1.807) is 27.7 Å². The smallest absolute Gasteiger partial charge is 0.308 e. The van der Waals surface area contributed by atoms with Crippen LogP contribution in [-0.4, -0.2) is 88.9 Å². The second-order valence-electron chi connectivity index (χ2n) is 6.83. The zero-order valence-electron chi connectivity index (χ0n) is 20.2. The Balaban J connectivity index is 5.05. The highest BCUT2D eigenvalue weighted by Gasteiger charge is 2.36. The highest BCUT2D eigenvalue weighted by atomic mass is 16.6. The van der Waals surface area contributed by atoms with Crippen LogP contribution in [0.3, 0.4) is 0 Å². The minimum Gasteiger partial charge on any atom is -0.466 e. The van der Waals surface area contributed by atoms with Gasteiger partial charge in [-0.25, -0.2) is 0 Å². The van der Waals surface area contributed by atoms with Crippen LogP contribution in [0.4, 0.5) is 0 Å². The molecule has 0 aromatic carbocycles. The molecule has 0 heterocycles. The van der Waals surface area contributed by atoms with Gasteiger partial charge in [0.1, 0.15) is 0 Å². The van der Waals surface area contributed by atoms with Crippen LogP contribution < -0.4 is 0 Å². The Bertz CT molecular complexity index is 512. The Morgan fingerprint density at radius 2 is 0.879 bits per heavy atom. The molecule has 0 bridgehead atoms. The van der Waals surface area contributed by atoms with Crippen LogP contribution in [0.1, 0.15) is 53.4 Å². The summed E-state index contributed by atoms with van der Waals surface area (Å²) >= 11 is 0. The normalized spacial score (nSPS) is 11.0. The van der Waals surface area contributed by atoms with Gasteiger partial charge < -0.3 is 33.2 Å². The Morgan fingerprint density at radius 1 is 0.545 bits per heavy atom. The first-order valence-electron chi connectivity index (χ1n) is 11.2. The van der Waals surface area contributed by atoms with Crippen LogP contribution in [-0.2, 0) is 52.3 Å². The Kier molecular flexibility index (Phi) is 17.9. The maximum atomic E-state index is 12.1. The number of esters is 4. The summed E-state index contributed by atoms with van der Waals surface area (Å²) in [4.78, 5) is 46.7. The van der Waals surface area contributed by atoms with Gasteiger partial charge in [-0.1, -0.05) is 6.92 Å². The van der Waals surface area contributed by atoms with E-state index < -0.39 is 29.5 Å². The van der Waals surface area contributed by atoms with Crippen LogP contribution >= 0.6 is 0 Å². The SMILES string of the molecule is CCOC(=O)CCOCC(COCCC(=O)OCC)(COCCC(=O)OCC)OC(=O)CC. The molecule has 0 fully saturated rings. The number of rotatable bonds is 20. The lowest BCUT2D eigenvalue weighted by Gasteiger charge is -2.32. The van der Waals surface area contributed by atoms with E-state index in [4.69, 9.17) is 33.2 Å². The minimum atomic E-state index is -1.34. The molecule has 0 spiro atoms. The third-order valence-electron chi connectivity index (χ3n) is 3.98. The van der Waals surface area contributed by atoms with Gasteiger partial charge in [0, 0.05) is 6.42 Å². The lowest BCUT2D eigenvalue weighted by Crippen LogP contribution is -2.49. The third-order valence-corrected chi connectivity index (χ3v) is 3.98. The van der Waals surface area contributed by atoms with E-state index in [-0.39, 0.29) is 85.1 Å². The molecule has 0 unspecified atom stereocenters. The molecule has 0 N–H and O–H groups in total. The van der Waals surface area contributed by atoms with Gasteiger partial charge in [-0.3, -0.25) is 19.2 Å². The van der Waals surface area contributed by atoms with E-state index in [2.05, 4.69) is 0 Å². The predicted molar refractivity (Wildman–Crippen MR) is 115 cm³/mol. The quantitative estimate of drug-likeness (QED) is 0.143. The van der Waals surface area contributed by atoms with Crippen molar-refractivity contribution in [3.05, 3.63) is 0 Å². The molecular weight excluding hydrogens is 440 g/mol. The molecule has 33 heavy (non-hydrogen) atoms. The monoisotopic (exact) mass is 478 g/mol. The van der Waals surface area contributed by atoms with Crippen molar-refractivity contribution >= 4 is 23.9 Å². The van der Waals surface area contributed by atoms with E-state index in [1.165, 1.54) is 0 Å². The topological polar surface area (TPSA) is 133 Å². The summed E-state index contributed by atoms with van der Waals surface area (Å²) in [6, 6.07) is 0. The number of carbonyl (C=O) groups is 4. The van der Waals surface area contributed by atoms with Gasteiger partial charge in [0.05, 0.1) is 78.7 Å². The summed E-state index contributed by atoms with van der Waals surface area (Å²) in [6.45, 7) is 7.27. The second-order valence-corrected chi connectivity index (χ2v) is 6.83. The Hall–Kier alpha value is -2.24. The van der Waals surface area contributed by atoms with Gasteiger partial charge >= 0.3 is 23.9 Å². The standard InChI is InChI=1S/C22H38O11/c1-5-18(23)33-22(15-27-12-9-19(24)30-6-2,16-28-13-10-20(25)31-7-3)17-29-14-11-21(26)32-8-4/h5-17H2,1-4H3. The van der Waals surface area contributed by atoms with Crippen molar-refractivity contribution < 1.29 is 52.3 Å². The molecule has 0 aromatic rings. The number of ether oxygens (including phenoxy) is 7. The maximum absolute atomic E-state index is 12.1. The number of carbonyl (C=O) groups excluding carboxylic acids is 4. The van der Waals surface area contributed by atoms with Crippen molar-refractivity contribution in [3.63, 3.8) is 0 Å². The molecular formula is C22H38O11. The molecule has 0 rings (SSSR count). The van der Waals surface area contributed by atoms with E-state index in [1.807, 2.05) is 0 Å². The van der Waals surface area contributed by atoms with Crippen LogP contribution in [0.25, 0.3) is 0 Å². The van der Waals surface area contributed by atoms with Gasteiger partial charge in [-0.15, -0.1) is 0 Å². The second kappa shape index (κ2) is 19.2. The van der Waals surface area contributed by atoms with Gasteiger partial charge in [-0.05, 0) is 20.8 Å². The van der Waals surface area contributed by atoms with E-state index >= 15 is 0 Å². The molecule has 11 heteroatoms. The third kappa shape index (κ3) is 16.1. The number of hydrogen-bond donors (Lipinski definition) is 0. The molecule has 0 aromatic heterocycles. The van der Waals surface area contributed by atoms with Gasteiger partial charge in [-0.2, -0.15) is 0 Å². The zero-order valence-corrected chi connectivity index (χ0v) is 20.2. The van der Waals surface area contributed by atoms with Gasteiger partial charge in [0.2, 0.25) is 0 Å². The average Bonchev–Trinajstić information content (AvgIpc) is 2.78. The van der Waals surface area contributed by atoms with Gasteiger partial charge in [0.15, 0.2) is 5.60 Å². The first-order chi connectivity index (χ1) is 15.8. The molecule has 192 valence electrons. The van der Waals surface area contributed by atoms with E-state index in [0.29, 0.717) is 0 Å². The highest BCUT2D eigenvalue weighted by molar-refractivity contribution is 5.70. The van der Waals surface area contributed by atoms with E-state index in [0.717, 1.165) is 0 Å². The molecule has 11 nitrogen and oxygen atoms in total. The Morgan fingerprint density at radius 3 is 1.15 bits per heavy atom. The van der Waals surface area contributed by atoms with Gasteiger partial charge in [0.25, 0.3) is 0 Å². The van der Waals surface area contributed by atoms with Crippen molar-refractivity contribution in [2.75, 3.05) is 59.5 Å². The Labute approximate surface area is 195 Å². The summed E-state index contributed by atoms with van der Waals surface area (Å²) in [5.74, 6) is -1.74. The molecule has 0 aliphatic carbocycles. The van der Waals surface area contributed by atoms with Crippen molar-refractivity contribution in [3.8, 4) is 0 Å². The van der Waals surface area contributed by atoms with Crippen LogP contribution in [0.15, 0.2) is 0 Å². The van der Waals surface area contributed by atoms with Crippen molar-refractivity contribution in [1.82, 2.24) is 0 Å². The fraction of sp³-hybridized carbons (Fsp3) is 0.818. The molecule has 0 aliphatic rings. The van der Waals surface area contributed by atoms with Crippen LogP contribution in [0.2, 0.25) is 0 Å². The summed E-state index contributed by atoms with van der Waals surface area (Å²) in [5.41, 5.74) is -1.34. The zero-order chi connectivity index (χ0) is 25.0. The molecule has 0 atom stereocenters. The summed E-state index contributed by atoms with van der Waals surface area (Å²) in [5, 5.41) is 0. The molecule has 0 saturated heterocycles. The lowest BCUT2D eigenvalue weighted by molar-refractivity contribution is -0.189. The minimum absolute atomic E-state index is 0.0269. The van der Waals surface area contributed by atoms with Crippen molar-refractivity contribution in [2.24, 2.45) is 0 Å². The molecule has 0 aliphatic heterocycles.